The highest BCUT2D eigenvalue weighted by Gasteiger charge is 2.19. The third-order valence-electron chi connectivity index (χ3n) is 5.86. The lowest BCUT2D eigenvalue weighted by molar-refractivity contribution is 0.0586. The molecule has 200 valence electrons. The minimum Gasteiger partial charge on any atom is -0.493 e. The van der Waals surface area contributed by atoms with Gasteiger partial charge in [0, 0.05) is 40.3 Å². The molecule has 0 unspecified atom stereocenters. The highest BCUT2D eigenvalue weighted by atomic mass is 16.6. The van der Waals surface area contributed by atoms with E-state index in [1.807, 2.05) is 52.0 Å². The number of amides is 1. The lowest BCUT2D eigenvalue weighted by atomic mass is 10.0. The van der Waals surface area contributed by atoms with Gasteiger partial charge in [0.25, 0.3) is 0 Å². The van der Waals surface area contributed by atoms with E-state index in [1.165, 1.54) is 0 Å². The first-order valence-corrected chi connectivity index (χ1v) is 12.3. The molecule has 10 nitrogen and oxygen atoms in total. The number of nitrogen functional groups attached to an aromatic ring is 1. The second-order valence-electron chi connectivity index (χ2n) is 9.87. The van der Waals surface area contributed by atoms with E-state index in [9.17, 15) is 4.79 Å². The molecule has 0 aliphatic heterocycles. The molecule has 0 saturated heterocycles. The van der Waals surface area contributed by atoms with Crippen molar-refractivity contribution in [1.29, 1.82) is 0 Å². The van der Waals surface area contributed by atoms with Crippen LogP contribution in [-0.2, 0) is 4.74 Å². The molecule has 10 heteroatoms. The fourth-order valence-corrected chi connectivity index (χ4v) is 3.96. The Labute approximate surface area is 221 Å². The third-order valence-corrected chi connectivity index (χ3v) is 5.86. The number of methoxy groups -OCH3 is 2. The molecule has 3 aromatic heterocycles. The predicted molar refractivity (Wildman–Crippen MR) is 147 cm³/mol. The molecule has 0 aliphatic carbocycles. The molecule has 1 amide bonds. The van der Waals surface area contributed by atoms with E-state index in [0.29, 0.717) is 35.2 Å². The lowest BCUT2D eigenvalue weighted by Gasteiger charge is -2.23. The monoisotopic (exact) mass is 519 g/mol. The summed E-state index contributed by atoms with van der Waals surface area (Å²) in [5.74, 6) is 2.05. The highest BCUT2D eigenvalue weighted by molar-refractivity contribution is 6.10. The number of hydrogen-bond donors (Lipinski definition) is 2. The van der Waals surface area contributed by atoms with Crippen LogP contribution in [-0.4, -0.2) is 53.5 Å². The molecular weight excluding hydrogens is 486 g/mol. The van der Waals surface area contributed by atoms with Crippen molar-refractivity contribution in [3.63, 3.8) is 0 Å². The second kappa shape index (κ2) is 11.0. The molecule has 0 radical (unpaired) electrons. The maximum Gasteiger partial charge on any atom is 0.407 e. The third kappa shape index (κ3) is 5.96. The van der Waals surface area contributed by atoms with Crippen LogP contribution >= 0.6 is 0 Å². The smallest absolute Gasteiger partial charge is 0.407 e. The van der Waals surface area contributed by atoms with Gasteiger partial charge in [0.1, 0.15) is 24.3 Å². The number of nitrogens with one attached hydrogen (secondary N) is 1. The first-order chi connectivity index (χ1) is 18.1. The molecule has 3 N–H and O–H groups in total. The maximum absolute atomic E-state index is 12.1. The van der Waals surface area contributed by atoms with Gasteiger partial charge in [-0.1, -0.05) is 6.92 Å². The Morgan fingerprint density at radius 3 is 2.42 bits per heavy atom. The number of alkyl carbamates (subject to hydrolysis) is 1. The Hall–Kier alpha value is -4.34. The number of hydrogen-bond acceptors (Lipinski definition) is 9. The first-order valence-electron chi connectivity index (χ1n) is 12.3. The van der Waals surface area contributed by atoms with Crippen LogP contribution in [0, 0.1) is 0 Å². The summed E-state index contributed by atoms with van der Waals surface area (Å²) >= 11 is 0. The quantitative estimate of drug-likeness (QED) is 0.304. The van der Waals surface area contributed by atoms with E-state index in [4.69, 9.17) is 24.7 Å². The van der Waals surface area contributed by atoms with Crippen LogP contribution in [0.25, 0.3) is 32.9 Å². The minimum absolute atomic E-state index is 0.185. The molecule has 0 spiro atoms. The molecule has 4 aromatic rings. The molecule has 1 aromatic carbocycles. The van der Waals surface area contributed by atoms with E-state index in [1.54, 1.807) is 32.8 Å². The summed E-state index contributed by atoms with van der Waals surface area (Å²) in [5, 5.41) is 5.24. The summed E-state index contributed by atoms with van der Waals surface area (Å²) in [6.45, 7) is 7.79. The predicted octanol–water partition coefficient (Wildman–Crippen LogP) is 5.13. The standard InChI is InChI=1S/C28H33N5O5/c1-7-17(38-27(34)33-28(2,3)4)15-37-18-8-16(12-30-13-18)22-9-19-20-10-24(35-5)25(36-6)11-23(20)31-14-21(19)26(29)32-22/h8-14,17H,7,15H2,1-6H3,(H2,29,32)(H,33,34)/t17-/m0/s1. The van der Waals surface area contributed by atoms with Crippen LogP contribution in [0.1, 0.15) is 34.1 Å². The lowest BCUT2D eigenvalue weighted by Crippen LogP contribution is -2.43. The molecular formula is C28H33N5O5. The highest BCUT2D eigenvalue weighted by Crippen LogP contribution is 2.37. The van der Waals surface area contributed by atoms with Crippen molar-refractivity contribution in [2.24, 2.45) is 0 Å². The van der Waals surface area contributed by atoms with Crippen molar-refractivity contribution in [3.8, 4) is 28.5 Å². The number of benzene rings is 1. The Balaban J connectivity index is 1.62. The van der Waals surface area contributed by atoms with Gasteiger partial charge in [0.15, 0.2) is 11.5 Å². The maximum atomic E-state index is 12.1. The van der Waals surface area contributed by atoms with E-state index in [2.05, 4.69) is 20.3 Å². The molecule has 0 fully saturated rings. The Morgan fingerprint density at radius 1 is 1.00 bits per heavy atom. The zero-order chi connectivity index (χ0) is 27.4. The molecule has 4 rings (SSSR count). The fraction of sp³-hybridized carbons (Fsp3) is 0.357. The number of ether oxygens (including phenoxy) is 4. The van der Waals surface area contributed by atoms with Gasteiger partial charge in [-0.05, 0) is 50.8 Å². The van der Waals surface area contributed by atoms with E-state index in [0.717, 1.165) is 27.2 Å². The molecule has 0 aliphatic rings. The van der Waals surface area contributed by atoms with E-state index in [-0.39, 0.29) is 12.1 Å². The van der Waals surface area contributed by atoms with Gasteiger partial charge in [-0.2, -0.15) is 0 Å². The summed E-state index contributed by atoms with van der Waals surface area (Å²) < 4.78 is 22.3. The van der Waals surface area contributed by atoms with Crippen LogP contribution in [0.4, 0.5) is 10.6 Å². The van der Waals surface area contributed by atoms with Crippen molar-refractivity contribution in [3.05, 3.63) is 42.9 Å². The van der Waals surface area contributed by atoms with Gasteiger partial charge >= 0.3 is 6.09 Å². The number of rotatable bonds is 8. The molecule has 38 heavy (non-hydrogen) atoms. The van der Waals surface area contributed by atoms with E-state index < -0.39 is 12.2 Å². The molecule has 3 heterocycles. The van der Waals surface area contributed by atoms with Gasteiger partial charge in [0.2, 0.25) is 0 Å². The van der Waals surface area contributed by atoms with Crippen LogP contribution in [0.2, 0.25) is 0 Å². The van der Waals surface area contributed by atoms with Crippen molar-refractivity contribution in [2.45, 2.75) is 45.8 Å². The number of pyridine rings is 3. The van der Waals surface area contributed by atoms with Gasteiger partial charge in [-0.3, -0.25) is 9.97 Å². The number of nitrogens with two attached hydrogens (primary N) is 1. The van der Waals surface area contributed by atoms with Crippen LogP contribution in [0.5, 0.6) is 17.2 Å². The normalized spacial score (nSPS) is 12.3. The van der Waals surface area contributed by atoms with Crippen LogP contribution < -0.4 is 25.3 Å². The van der Waals surface area contributed by atoms with Gasteiger partial charge in [-0.25, -0.2) is 9.78 Å². The summed E-state index contributed by atoms with van der Waals surface area (Å²) in [4.78, 5) is 25.6. The van der Waals surface area contributed by atoms with Crippen molar-refractivity contribution >= 4 is 33.6 Å². The Kier molecular flexibility index (Phi) is 7.70. The van der Waals surface area contributed by atoms with Gasteiger partial charge in [-0.15, -0.1) is 0 Å². The Morgan fingerprint density at radius 2 is 1.74 bits per heavy atom. The summed E-state index contributed by atoms with van der Waals surface area (Å²) in [6, 6.07) is 7.48. The minimum atomic E-state index is -0.480. The Bertz CT molecular complexity index is 1470. The number of aromatic nitrogens is 3. The van der Waals surface area contributed by atoms with Crippen molar-refractivity contribution in [1.82, 2.24) is 20.3 Å². The fourth-order valence-electron chi connectivity index (χ4n) is 3.96. The average molecular weight is 520 g/mol. The van der Waals surface area contributed by atoms with Crippen LogP contribution in [0.15, 0.2) is 42.9 Å². The number of fused-ring (bicyclic) bond motifs is 3. The van der Waals surface area contributed by atoms with Gasteiger partial charge in [0.05, 0.1) is 31.6 Å². The average Bonchev–Trinajstić information content (AvgIpc) is 2.89. The summed E-state index contributed by atoms with van der Waals surface area (Å²) in [6.07, 6.45) is 4.70. The summed E-state index contributed by atoms with van der Waals surface area (Å²) in [7, 11) is 3.17. The van der Waals surface area contributed by atoms with Crippen LogP contribution in [0.3, 0.4) is 0 Å². The van der Waals surface area contributed by atoms with Crippen molar-refractivity contribution in [2.75, 3.05) is 26.6 Å². The zero-order valence-corrected chi connectivity index (χ0v) is 22.5. The molecule has 1 atom stereocenters. The second-order valence-corrected chi connectivity index (χ2v) is 9.87. The molecule has 0 bridgehead atoms. The number of carbonyl (C=O) groups is 1. The number of carbonyl (C=O) groups excluding carboxylic acids is 1. The number of nitrogens with zero attached hydrogens (tertiary/aromatic N) is 3. The largest absolute Gasteiger partial charge is 0.493 e. The van der Waals surface area contributed by atoms with Gasteiger partial charge < -0.3 is 30.0 Å². The zero-order valence-electron chi connectivity index (χ0n) is 22.5. The first kappa shape index (κ1) is 26.7. The number of anilines is 1. The van der Waals surface area contributed by atoms with E-state index >= 15 is 0 Å². The van der Waals surface area contributed by atoms with Crippen molar-refractivity contribution < 1.29 is 23.7 Å². The summed E-state index contributed by atoms with van der Waals surface area (Å²) in [5.41, 5.74) is 8.05. The molecule has 0 saturated carbocycles. The SMILES string of the molecule is CC[C@@H](COc1cncc(-c2cc3c(cnc4cc(OC)c(OC)cc43)c(N)n2)c1)OC(=O)NC(C)(C)C. The topological polar surface area (TPSA) is 131 Å².